The Hall–Kier alpha value is -0.570. The van der Waals surface area contributed by atoms with Crippen molar-refractivity contribution in [3.8, 4) is 0 Å². The zero-order valence-corrected chi connectivity index (χ0v) is 9.83. The lowest BCUT2D eigenvalue weighted by Crippen LogP contribution is -2.38. The van der Waals surface area contributed by atoms with Gasteiger partial charge in [0.15, 0.2) is 0 Å². The minimum absolute atomic E-state index is 0.250. The summed E-state index contributed by atoms with van der Waals surface area (Å²) in [7, 11) is 1.92. The van der Waals surface area contributed by atoms with Crippen LogP contribution >= 0.6 is 0 Å². The first-order valence-corrected chi connectivity index (χ1v) is 6.15. The minimum Gasteiger partial charge on any atom is -0.342 e. The molecule has 3 nitrogen and oxygen atoms in total. The summed E-state index contributed by atoms with van der Waals surface area (Å²) in [6, 6.07) is 0.542. The number of amides is 1. The van der Waals surface area contributed by atoms with Gasteiger partial charge in [0, 0.05) is 13.1 Å². The first-order chi connectivity index (χ1) is 7.18. The zero-order chi connectivity index (χ0) is 10.8. The molecule has 0 aromatic carbocycles. The van der Waals surface area contributed by atoms with Crippen molar-refractivity contribution in [2.45, 2.75) is 38.6 Å². The van der Waals surface area contributed by atoms with Crippen molar-refractivity contribution in [2.75, 3.05) is 20.1 Å². The van der Waals surface area contributed by atoms with E-state index < -0.39 is 0 Å². The molecule has 1 atom stereocenters. The van der Waals surface area contributed by atoms with Crippen LogP contribution in [0.3, 0.4) is 0 Å². The van der Waals surface area contributed by atoms with Crippen LogP contribution in [0.1, 0.15) is 32.6 Å². The van der Waals surface area contributed by atoms with Crippen LogP contribution in [0.5, 0.6) is 0 Å². The molecule has 2 aliphatic carbocycles. The lowest BCUT2D eigenvalue weighted by Gasteiger charge is -2.17. The molecule has 86 valence electrons. The third-order valence-electron chi connectivity index (χ3n) is 3.66. The lowest BCUT2D eigenvalue weighted by atomic mass is 10.1. The fourth-order valence-corrected chi connectivity index (χ4v) is 2.03. The summed E-state index contributed by atoms with van der Waals surface area (Å²) >= 11 is 0. The van der Waals surface area contributed by atoms with Gasteiger partial charge in [-0.15, -0.1) is 0 Å². The summed E-state index contributed by atoms with van der Waals surface area (Å²) in [5.74, 6) is 1.92. The van der Waals surface area contributed by atoms with Crippen LogP contribution in [0.4, 0.5) is 0 Å². The number of likely N-dealkylation sites (N-methyl/N-ethyl adjacent to an activating group) is 1. The number of hydrogen-bond acceptors (Lipinski definition) is 2. The normalized spacial score (nSPS) is 22.5. The number of nitrogens with zero attached hydrogens (tertiary/aromatic N) is 1. The second-order valence-electron chi connectivity index (χ2n) is 5.18. The van der Waals surface area contributed by atoms with E-state index in [0.717, 1.165) is 18.4 Å². The monoisotopic (exact) mass is 210 g/mol. The zero-order valence-electron chi connectivity index (χ0n) is 9.83. The molecule has 0 aromatic heterocycles. The van der Waals surface area contributed by atoms with Gasteiger partial charge in [-0.1, -0.05) is 6.92 Å². The fraction of sp³-hybridized carbons (Fsp3) is 0.917. The van der Waals surface area contributed by atoms with Crippen LogP contribution in [0, 0.1) is 11.8 Å². The molecule has 0 aliphatic heterocycles. The standard InChI is InChI=1S/C12H22N2O/c1-9(10-3-4-10)7-13-8-12(15)14(2)11-5-6-11/h9-11,13H,3-8H2,1-2H3. The van der Waals surface area contributed by atoms with Gasteiger partial charge >= 0.3 is 0 Å². The molecule has 15 heavy (non-hydrogen) atoms. The van der Waals surface area contributed by atoms with Gasteiger partial charge < -0.3 is 10.2 Å². The molecule has 0 aromatic rings. The van der Waals surface area contributed by atoms with E-state index in [1.54, 1.807) is 0 Å². The third kappa shape index (κ3) is 3.20. The molecule has 0 saturated heterocycles. The highest BCUT2D eigenvalue weighted by Gasteiger charge is 2.30. The average Bonchev–Trinajstić information content (AvgIpc) is 3.06. The van der Waals surface area contributed by atoms with Gasteiger partial charge in [-0.25, -0.2) is 0 Å². The predicted octanol–water partition coefficient (Wildman–Crippen LogP) is 1.24. The number of carbonyl (C=O) groups is 1. The van der Waals surface area contributed by atoms with E-state index in [-0.39, 0.29) is 5.91 Å². The summed E-state index contributed by atoms with van der Waals surface area (Å²) in [6.45, 7) is 3.79. The number of hydrogen-bond donors (Lipinski definition) is 1. The largest absolute Gasteiger partial charge is 0.342 e. The van der Waals surface area contributed by atoms with Crippen LogP contribution in [0.15, 0.2) is 0 Å². The number of carbonyl (C=O) groups excluding carboxylic acids is 1. The van der Waals surface area contributed by atoms with E-state index in [9.17, 15) is 4.79 Å². The van der Waals surface area contributed by atoms with Gasteiger partial charge in [-0.05, 0) is 44.1 Å². The molecule has 0 radical (unpaired) electrons. The van der Waals surface area contributed by atoms with E-state index in [1.165, 1.54) is 25.7 Å². The fourth-order valence-electron chi connectivity index (χ4n) is 2.03. The molecule has 0 heterocycles. The van der Waals surface area contributed by atoms with Crippen LogP contribution < -0.4 is 5.32 Å². The molecule has 2 saturated carbocycles. The summed E-state index contributed by atoms with van der Waals surface area (Å²) in [5.41, 5.74) is 0. The topological polar surface area (TPSA) is 32.3 Å². The van der Waals surface area contributed by atoms with Crippen LogP contribution in [0.25, 0.3) is 0 Å². The molecule has 2 fully saturated rings. The van der Waals surface area contributed by atoms with Crippen molar-refractivity contribution >= 4 is 5.91 Å². The van der Waals surface area contributed by atoms with E-state index in [0.29, 0.717) is 12.6 Å². The Morgan fingerprint density at radius 3 is 2.60 bits per heavy atom. The highest BCUT2D eigenvalue weighted by Crippen LogP contribution is 2.36. The van der Waals surface area contributed by atoms with Gasteiger partial charge in [-0.2, -0.15) is 0 Å². The van der Waals surface area contributed by atoms with Crippen molar-refractivity contribution in [3.63, 3.8) is 0 Å². The summed E-state index contributed by atoms with van der Waals surface area (Å²) in [4.78, 5) is 13.6. The van der Waals surface area contributed by atoms with Crippen molar-refractivity contribution in [3.05, 3.63) is 0 Å². The third-order valence-corrected chi connectivity index (χ3v) is 3.66. The highest BCUT2D eigenvalue weighted by atomic mass is 16.2. The molecular weight excluding hydrogens is 188 g/mol. The SMILES string of the molecule is CC(CNCC(=O)N(C)C1CC1)C1CC1. The molecule has 0 bridgehead atoms. The molecule has 2 rings (SSSR count). The number of rotatable bonds is 6. The van der Waals surface area contributed by atoms with Gasteiger partial charge in [0.1, 0.15) is 0 Å². The van der Waals surface area contributed by atoms with E-state index in [1.807, 2.05) is 11.9 Å². The van der Waals surface area contributed by atoms with Crippen LogP contribution in [0.2, 0.25) is 0 Å². The second-order valence-corrected chi connectivity index (χ2v) is 5.18. The first kappa shape index (κ1) is 10.9. The van der Waals surface area contributed by atoms with Crippen molar-refractivity contribution in [1.82, 2.24) is 10.2 Å². The number of nitrogens with one attached hydrogen (secondary N) is 1. The van der Waals surface area contributed by atoms with E-state index >= 15 is 0 Å². The van der Waals surface area contributed by atoms with Gasteiger partial charge in [0.2, 0.25) is 5.91 Å². The van der Waals surface area contributed by atoms with Gasteiger partial charge in [0.25, 0.3) is 0 Å². The molecule has 1 amide bonds. The van der Waals surface area contributed by atoms with Gasteiger partial charge in [-0.3, -0.25) is 4.79 Å². The Morgan fingerprint density at radius 1 is 1.40 bits per heavy atom. The summed E-state index contributed by atoms with van der Waals surface area (Å²) in [6.07, 6.45) is 5.17. The Balaban J connectivity index is 1.57. The Labute approximate surface area is 92.2 Å². The minimum atomic E-state index is 0.250. The lowest BCUT2D eigenvalue weighted by molar-refractivity contribution is -0.129. The van der Waals surface area contributed by atoms with Crippen molar-refractivity contribution in [1.29, 1.82) is 0 Å². The Morgan fingerprint density at radius 2 is 2.07 bits per heavy atom. The molecule has 2 aliphatic rings. The van der Waals surface area contributed by atoms with Crippen LogP contribution in [-0.2, 0) is 4.79 Å². The second kappa shape index (κ2) is 4.52. The average molecular weight is 210 g/mol. The molecule has 1 unspecified atom stereocenters. The maximum Gasteiger partial charge on any atom is 0.236 e. The van der Waals surface area contributed by atoms with E-state index in [2.05, 4.69) is 12.2 Å². The summed E-state index contributed by atoms with van der Waals surface area (Å²) in [5, 5.41) is 3.28. The Bertz CT molecular complexity index is 234. The maximum atomic E-state index is 11.7. The van der Waals surface area contributed by atoms with Crippen molar-refractivity contribution in [2.24, 2.45) is 11.8 Å². The van der Waals surface area contributed by atoms with Crippen molar-refractivity contribution < 1.29 is 4.79 Å². The first-order valence-electron chi connectivity index (χ1n) is 6.15. The van der Waals surface area contributed by atoms with Gasteiger partial charge in [0.05, 0.1) is 6.54 Å². The van der Waals surface area contributed by atoms with Crippen LogP contribution in [-0.4, -0.2) is 37.0 Å². The molecule has 0 spiro atoms. The molecular formula is C12H22N2O. The highest BCUT2D eigenvalue weighted by molar-refractivity contribution is 5.78. The quantitative estimate of drug-likeness (QED) is 0.715. The molecule has 1 N–H and O–H groups in total. The Kier molecular flexibility index (Phi) is 3.29. The summed E-state index contributed by atoms with van der Waals surface area (Å²) < 4.78 is 0. The maximum absolute atomic E-state index is 11.7. The predicted molar refractivity (Wildman–Crippen MR) is 60.5 cm³/mol. The van der Waals surface area contributed by atoms with E-state index in [4.69, 9.17) is 0 Å². The smallest absolute Gasteiger partial charge is 0.236 e. The molecule has 3 heteroatoms.